The van der Waals surface area contributed by atoms with Crippen molar-refractivity contribution in [2.45, 2.75) is 5.75 Å². The van der Waals surface area contributed by atoms with Crippen LogP contribution in [0.2, 0.25) is 0 Å². The van der Waals surface area contributed by atoms with Crippen LogP contribution < -0.4 is 10.6 Å². The molecule has 0 unspecified atom stereocenters. The molecule has 5 nitrogen and oxygen atoms in total. The first kappa shape index (κ1) is 12.5. The molecule has 0 bridgehead atoms. The summed E-state index contributed by atoms with van der Waals surface area (Å²) in [4.78, 5) is 3.87. The Kier molecular flexibility index (Phi) is 5.96. The zero-order valence-corrected chi connectivity index (χ0v) is 9.88. The Bertz CT molecular complexity index is 355. The fourth-order valence-corrected chi connectivity index (χ4v) is 1.80. The average molecular weight is 238 g/mol. The van der Waals surface area contributed by atoms with Gasteiger partial charge in [-0.05, 0) is 12.1 Å². The van der Waals surface area contributed by atoms with Crippen molar-refractivity contribution in [2.75, 3.05) is 19.3 Å². The number of furan rings is 1. The number of guanidine groups is 1. The Labute approximate surface area is 98.9 Å². The van der Waals surface area contributed by atoms with Crippen molar-refractivity contribution in [3.8, 4) is 6.19 Å². The highest BCUT2D eigenvalue weighted by Crippen LogP contribution is 2.11. The molecule has 16 heavy (non-hydrogen) atoms. The smallest absolute Gasteiger partial charge is 0.204 e. The summed E-state index contributed by atoms with van der Waals surface area (Å²) in [5.74, 6) is 3.26. The van der Waals surface area contributed by atoms with Gasteiger partial charge in [-0.25, -0.2) is 0 Å². The second kappa shape index (κ2) is 7.65. The Morgan fingerprint density at radius 3 is 3.19 bits per heavy atom. The van der Waals surface area contributed by atoms with Crippen molar-refractivity contribution in [1.29, 1.82) is 5.26 Å². The predicted octanol–water partition coefficient (Wildman–Crippen LogP) is 1.16. The van der Waals surface area contributed by atoms with Gasteiger partial charge in [0.25, 0.3) is 0 Å². The Hall–Kier alpha value is -1.61. The van der Waals surface area contributed by atoms with E-state index in [1.807, 2.05) is 18.3 Å². The quantitative estimate of drug-likeness (QED) is 0.265. The second-order valence-corrected chi connectivity index (χ2v) is 3.97. The number of nitrogens with one attached hydrogen (secondary N) is 2. The van der Waals surface area contributed by atoms with E-state index in [9.17, 15) is 0 Å². The van der Waals surface area contributed by atoms with Crippen molar-refractivity contribution < 1.29 is 4.42 Å². The maximum atomic E-state index is 8.40. The standard InChI is InChI=1S/C10H14N4OS/c1-12-10(14-8-11)13-4-6-16-7-9-3-2-5-15-9/h2-3,5H,4,6-7H2,1H3,(H2,12,13,14). The molecule has 0 aromatic carbocycles. The topological polar surface area (TPSA) is 73.3 Å². The van der Waals surface area contributed by atoms with Gasteiger partial charge >= 0.3 is 0 Å². The Morgan fingerprint density at radius 2 is 2.56 bits per heavy atom. The van der Waals surface area contributed by atoms with E-state index < -0.39 is 0 Å². The number of rotatable bonds is 5. The molecule has 0 aliphatic carbocycles. The van der Waals surface area contributed by atoms with Crippen LogP contribution in [-0.4, -0.2) is 25.3 Å². The molecule has 0 saturated heterocycles. The maximum absolute atomic E-state index is 8.40. The predicted molar refractivity (Wildman–Crippen MR) is 65.0 cm³/mol. The molecule has 86 valence electrons. The first-order chi connectivity index (χ1) is 7.86. The van der Waals surface area contributed by atoms with Gasteiger partial charge in [-0.2, -0.15) is 17.0 Å². The minimum absolute atomic E-state index is 0.501. The summed E-state index contributed by atoms with van der Waals surface area (Å²) in [6.07, 6.45) is 3.49. The van der Waals surface area contributed by atoms with Crippen LogP contribution in [0.1, 0.15) is 5.76 Å². The SMILES string of the molecule is C/N=C(\NC#N)NCCSCc1ccco1. The van der Waals surface area contributed by atoms with Crippen LogP contribution in [-0.2, 0) is 5.75 Å². The number of hydrogen-bond donors (Lipinski definition) is 2. The lowest BCUT2D eigenvalue weighted by molar-refractivity contribution is 0.530. The molecule has 0 fully saturated rings. The lowest BCUT2D eigenvalue weighted by Gasteiger charge is -2.05. The lowest BCUT2D eigenvalue weighted by Crippen LogP contribution is -2.35. The molecule has 0 atom stereocenters. The van der Waals surface area contributed by atoms with E-state index >= 15 is 0 Å². The molecule has 6 heteroatoms. The maximum Gasteiger partial charge on any atom is 0.204 e. The summed E-state index contributed by atoms with van der Waals surface area (Å²) in [5.41, 5.74) is 0. The number of hydrogen-bond acceptors (Lipinski definition) is 4. The van der Waals surface area contributed by atoms with E-state index in [4.69, 9.17) is 9.68 Å². The summed E-state index contributed by atoms with van der Waals surface area (Å²) < 4.78 is 5.20. The molecule has 1 aromatic rings. The monoisotopic (exact) mass is 238 g/mol. The first-order valence-electron chi connectivity index (χ1n) is 4.82. The van der Waals surface area contributed by atoms with Crippen molar-refractivity contribution in [3.63, 3.8) is 0 Å². The number of nitriles is 1. The largest absolute Gasteiger partial charge is 0.468 e. The second-order valence-electron chi connectivity index (χ2n) is 2.87. The molecule has 1 heterocycles. The molecule has 2 N–H and O–H groups in total. The van der Waals surface area contributed by atoms with Gasteiger partial charge in [0.05, 0.1) is 12.0 Å². The lowest BCUT2D eigenvalue weighted by atomic mass is 10.5. The van der Waals surface area contributed by atoms with E-state index in [1.165, 1.54) is 0 Å². The van der Waals surface area contributed by atoms with Crippen molar-refractivity contribution in [2.24, 2.45) is 4.99 Å². The molecule has 0 aliphatic heterocycles. The van der Waals surface area contributed by atoms with Gasteiger partial charge in [-0.15, -0.1) is 0 Å². The van der Waals surface area contributed by atoms with E-state index in [0.717, 1.165) is 23.8 Å². The average Bonchev–Trinajstić information content (AvgIpc) is 2.80. The highest BCUT2D eigenvalue weighted by atomic mass is 32.2. The third-order valence-electron chi connectivity index (χ3n) is 1.76. The summed E-state index contributed by atoms with van der Waals surface area (Å²) >= 11 is 1.76. The van der Waals surface area contributed by atoms with Gasteiger partial charge in [-0.1, -0.05) is 0 Å². The number of aliphatic imine (C=N–C) groups is 1. The van der Waals surface area contributed by atoms with Crippen LogP contribution in [0.4, 0.5) is 0 Å². The van der Waals surface area contributed by atoms with Crippen LogP contribution in [0.5, 0.6) is 0 Å². The van der Waals surface area contributed by atoms with Crippen molar-refractivity contribution in [3.05, 3.63) is 24.2 Å². The van der Waals surface area contributed by atoms with E-state index in [1.54, 1.807) is 25.1 Å². The van der Waals surface area contributed by atoms with E-state index in [2.05, 4.69) is 15.6 Å². The molecule has 0 aliphatic rings. The molecular formula is C10H14N4OS. The molecule has 0 spiro atoms. The van der Waals surface area contributed by atoms with Crippen LogP contribution in [0.15, 0.2) is 27.8 Å². The van der Waals surface area contributed by atoms with E-state index in [-0.39, 0.29) is 0 Å². The molecular weight excluding hydrogens is 224 g/mol. The fraction of sp³-hybridized carbons (Fsp3) is 0.400. The van der Waals surface area contributed by atoms with E-state index in [0.29, 0.717) is 5.96 Å². The summed E-state index contributed by atoms with van der Waals surface area (Å²) in [6.45, 7) is 0.757. The minimum Gasteiger partial charge on any atom is -0.468 e. The third kappa shape index (κ3) is 4.75. The van der Waals surface area contributed by atoms with Gasteiger partial charge in [-0.3, -0.25) is 10.3 Å². The molecule has 1 aromatic heterocycles. The summed E-state index contributed by atoms with van der Waals surface area (Å²) in [7, 11) is 1.63. The molecule has 0 saturated carbocycles. The van der Waals surface area contributed by atoms with Crippen LogP contribution in [0.25, 0.3) is 0 Å². The van der Waals surface area contributed by atoms with Gasteiger partial charge in [0.15, 0.2) is 6.19 Å². The van der Waals surface area contributed by atoms with Gasteiger partial charge < -0.3 is 9.73 Å². The summed E-state index contributed by atoms with van der Waals surface area (Å²) in [5, 5.41) is 13.9. The molecule has 0 amide bonds. The highest BCUT2D eigenvalue weighted by Gasteiger charge is 1.97. The Morgan fingerprint density at radius 1 is 1.69 bits per heavy atom. The first-order valence-corrected chi connectivity index (χ1v) is 5.98. The van der Waals surface area contributed by atoms with Gasteiger partial charge in [0.1, 0.15) is 5.76 Å². The Balaban J connectivity index is 2.06. The van der Waals surface area contributed by atoms with Crippen LogP contribution in [0.3, 0.4) is 0 Å². The molecule has 0 radical (unpaired) electrons. The highest BCUT2D eigenvalue weighted by molar-refractivity contribution is 7.98. The van der Waals surface area contributed by atoms with Crippen molar-refractivity contribution in [1.82, 2.24) is 10.6 Å². The summed E-state index contributed by atoms with van der Waals surface area (Å²) in [6, 6.07) is 3.84. The van der Waals surface area contributed by atoms with Crippen LogP contribution in [0, 0.1) is 11.5 Å². The molecule has 1 rings (SSSR count). The zero-order valence-electron chi connectivity index (χ0n) is 9.06. The zero-order chi connectivity index (χ0) is 11.6. The number of nitrogens with zero attached hydrogens (tertiary/aromatic N) is 2. The fourth-order valence-electron chi connectivity index (χ4n) is 1.04. The normalized spacial score (nSPS) is 10.9. The van der Waals surface area contributed by atoms with Gasteiger partial charge in [0.2, 0.25) is 5.96 Å². The third-order valence-corrected chi connectivity index (χ3v) is 2.74. The van der Waals surface area contributed by atoms with Crippen LogP contribution >= 0.6 is 11.8 Å². The van der Waals surface area contributed by atoms with Crippen molar-refractivity contribution >= 4 is 17.7 Å². The number of thioether (sulfide) groups is 1. The minimum atomic E-state index is 0.501. The van der Waals surface area contributed by atoms with Gasteiger partial charge in [0, 0.05) is 19.3 Å².